The summed E-state index contributed by atoms with van der Waals surface area (Å²) in [6.07, 6.45) is 1.29. The molecule has 2 heteroatoms. The second-order valence-corrected chi connectivity index (χ2v) is 5.08. The summed E-state index contributed by atoms with van der Waals surface area (Å²) in [6.45, 7) is 6.02. The first-order valence-corrected chi connectivity index (χ1v) is 6.56. The molecule has 0 fully saturated rings. The molecule has 0 amide bonds. The quantitative estimate of drug-likeness (QED) is 0.848. The number of rotatable bonds is 3. The normalized spacial score (nSPS) is 11.4. The minimum atomic E-state index is -0.928. The lowest BCUT2D eigenvalue weighted by Crippen LogP contribution is -1.97. The van der Waals surface area contributed by atoms with Crippen LogP contribution in [0, 0.1) is 20.8 Å². The summed E-state index contributed by atoms with van der Waals surface area (Å²) >= 11 is 0. The smallest absolute Gasteiger partial charge is 0.328 e. The minimum Gasteiger partial charge on any atom is -0.478 e. The Morgan fingerprint density at radius 1 is 1.00 bits per heavy atom. The fourth-order valence-corrected chi connectivity index (χ4v) is 2.28. The lowest BCUT2D eigenvalue weighted by Gasteiger charge is -2.12. The molecular weight excluding hydrogens is 248 g/mol. The molecule has 0 atom stereocenters. The molecule has 0 aliphatic rings. The van der Waals surface area contributed by atoms with E-state index < -0.39 is 5.97 Å². The lowest BCUT2D eigenvalue weighted by atomic mass is 9.92. The Morgan fingerprint density at radius 2 is 1.70 bits per heavy atom. The van der Waals surface area contributed by atoms with E-state index in [1.165, 1.54) is 6.08 Å². The van der Waals surface area contributed by atoms with Gasteiger partial charge in [-0.25, -0.2) is 4.79 Å². The average Bonchev–Trinajstić information content (AvgIpc) is 2.39. The SMILES string of the molecule is Cc1cccc(/C(=C\C(=O)O)c2cc(C)ccc2C)c1. The largest absolute Gasteiger partial charge is 0.478 e. The summed E-state index contributed by atoms with van der Waals surface area (Å²) in [5, 5.41) is 9.16. The Morgan fingerprint density at radius 3 is 2.35 bits per heavy atom. The number of carboxylic acids is 1. The first-order chi connectivity index (χ1) is 9.47. The number of hydrogen-bond acceptors (Lipinski definition) is 1. The van der Waals surface area contributed by atoms with Crippen molar-refractivity contribution in [3.05, 3.63) is 76.4 Å². The Hall–Kier alpha value is -2.35. The third kappa shape index (κ3) is 3.15. The van der Waals surface area contributed by atoms with Crippen LogP contribution in [0.4, 0.5) is 0 Å². The van der Waals surface area contributed by atoms with Crippen LogP contribution in [0.5, 0.6) is 0 Å². The molecule has 2 aromatic rings. The van der Waals surface area contributed by atoms with E-state index in [2.05, 4.69) is 0 Å². The van der Waals surface area contributed by atoms with E-state index in [9.17, 15) is 4.79 Å². The Kier molecular flexibility index (Phi) is 4.04. The molecule has 0 saturated carbocycles. The predicted octanol–water partition coefficient (Wildman–Crippen LogP) is 4.13. The highest BCUT2D eigenvalue weighted by atomic mass is 16.4. The third-order valence-corrected chi connectivity index (χ3v) is 3.28. The van der Waals surface area contributed by atoms with Crippen LogP contribution in [-0.2, 0) is 4.79 Å². The van der Waals surface area contributed by atoms with Gasteiger partial charge in [0.15, 0.2) is 0 Å². The second-order valence-electron chi connectivity index (χ2n) is 5.08. The van der Waals surface area contributed by atoms with Gasteiger partial charge in [0.05, 0.1) is 0 Å². The highest BCUT2D eigenvalue weighted by molar-refractivity contribution is 5.96. The molecule has 0 heterocycles. The fourth-order valence-electron chi connectivity index (χ4n) is 2.28. The van der Waals surface area contributed by atoms with Gasteiger partial charge in [-0.3, -0.25) is 0 Å². The van der Waals surface area contributed by atoms with Crippen molar-refractivity contribution < 1.29 is 9.90 Å². The molecule has 102 valence electrons. The van der Waals surface area contributed by atoms with E-state index in [1.807, 2.05) is 63.2 Å². The van der Waals surface area contributed by atoms with Gasteiger partial charge in [0.1, 0.15) is 0 Å². The molecule has 0 unspecified atom stereocenters. The summed E-state index contributed by atoms with van der Waals surface area (Å²) in [7, 11) is 0. The van der Waals surface area contributed by atoms with Crippen molar-refractivity contribution in [1.82, 2.24) is 0 Å². The van der Waals surface area contributed by atoms with Crippen molar-refractivity contribution in [2.45, 2.75) is 20.8 Å². The lowest BCUT2D eigenvalue weighted by molar-refractivity contribution is -0.131. The number of benzene rings is 2. The van der Waals surface area contributed by atoms with Crippen LogP contribution in [-0.4, -0.2) is 11.1 Å². The maximum atomic E-state index is 11.2. The molecule has 0 bridgehead atoms. The van der Waals surface area contributed by atoms with E-state index in [0.29, 0.717) is 0 Å². The molecule has 2 nitrogen and oxygen atoms in total. The van der Waals surface area contributed by atoms with E-state index in [1.54, 1.807) is 0 Å². The van der Waals surface area contributed by atoms with Gasteiger partial charge in [-0.1, -0.05) is 53.6 Å². The molecule has 2 aromatic carbocycles. The van der Waals surface area contributed by atoms with Gasteiger partial charge in [-0.15, -0.1) is 0 Å². The molecule has 1 N–H and O–H groups in total. The minimum absolute atomic E-state index is 0.752. The van der Waals surface area contributed by atoms with Crippen LogP contribution in [0.15, 0.2) is 48.5 Å². The van der Waals surface area contributed by atoms with Crippen LogP contribution in [0.3, 0.4) is 0 Å². The Labute approximate surface area is 119 Å². The zero-order valence-corrected chi connectivity index (χ0v) is 12.0. The van der Waals surface area contributed by atoms with Crippen LogP contribution in [0.1, 0.15) is 27.8 Å². The highest BCUT2D eigenvalue weighted by Gasteiger charge is 2.10. The van der Waals surface area contributed by atoms with Crippen LogP contribution in [0.2, 0.25) is 0 Å². The van der Waals surface area contributed by atoms with Gasteiger partial charge in [0, 0.05) is 6.08 Å². The van der Waals surface area contributed by atoms with Crippen molar-refractivity contribution in [2.75, 3.05) is 0 Å². The topological polar surface area (TPSA) is 37.3 Å². The van der Waals surface area contributed by atoms with E-state index in [4.69, 9.17) is 5.11 Å². The summed E-state index contributed by atoms with van der Waals surface area (Å²) in [6, 6.07) is 14.0. The molecule has 0 aromatic heterocycles. The van der Waals surface area contributed by atoms with Crippen molar-refractivity contribution >= 4 is 11.5 Å². The summed E-state index contributed by atoms with van der Waals surface area (Å²) in [4.78, 5) is 11.2. The maximum absolute atomic E-state index is 11.2. The molecule has 0 aliphatic heterocycles. The summed E-state index contributed by atoms with van der Waals surface area (Å²) < 4.78 is 0. The highest BCUT2D eigenvalue weighted by Crippen LogP contribution is 2.27. The first-order valence-electron chi connectivity index (χ1n) is 6.56. The maximum Gasteiger partial charge on any atom is 0.328 e. The van der Waals surface area contributed by atoms with Gasteiger partial charge in [0.25, 0.3) is 0 Å². The van der Waals surface area contributed by atoms with Gasteiger partial charge < -0.3 is 5.11 Å². The standard InChI is InChI=1S/C18H18O2/c1-12-5-4-6-15(9-12)17(11-18(19)20)16-10-13(2)7-8-14(16)3/h4-11H,1-3H3,(H,19,20)/b17-11+. The molecule has 0 aliphatic carbocycles. The number of hydrogen-bond donors (Lipinski definition) is 1. The van der Waals surface area contributed by atoms with Crippen LogP contribution >= 0.6 is 0 Å². The number of aryl methyl sites for hydroxylation is 3. The summed E-state index contributed by atoms with van der Waals surface area (Å²) in [5.74, 6) is -0.928. The molecule has 0 saturated heterocycles. The number of carbonyl (C=O) groups is 1. The van der Waals surface area contributed by atoms with Crippen LogP contribution < -0.4 is 0 Å². The number of carboxylic acid groups (broad SMARTS) is 1. The molecular formula is C18H18O2. The van der Waals surface area contributed by atoms with Crippen molar-refractivity contribution in [2.24, 2.45) is 0 Å². The molecule has 2 rings (SSSR count). The first kappa shape index (κ1) is 14.1. The Bertz CT molecular complexity index is 682. The van der Waals surface area contributed by atoms with Gasteiger partial charge in [-0.05, 0) is 43.0 Å². The molecule has 0 spiro atoms. The zero-order valence-electron chi connectivity index (χ0n) is 12.0. The fraction of sp³-hybridized carbons (Fsp3) is 0.167. The van der Waals surface area contributed by atoms with Crippen molar-refractivity contribution in [3.8, 4) is 0 Å². The second kappa shape index (κ2) is 5.74. The zero-order chi connectivity index (χ0) is 14.7. The van der Waals surface area contributed by atoms with E-state index >= 15 is 0 Å². The van der Waals surface area contributed by atoms with E-state index in [0.717, 1.165) is 33.4 Å². The van der Waals surface area contributed by atoms with Gasteiger partial charge in [0.2, 0.25) is 0 Å². The number of aliphatic carboxylic acids is 1. The van der Waals surface area contributed by atoms with Crippen LogP contribution in [0.25, 0.3) is 5.57 Å². The monoisotopic (exact) mass is 266 g/mol. The predicted molar refractivity (Wildman–Crippen MR) is 81.8 cm³/mol. The van der Waals surface area contributed by atoms with Gasteiger partial charge >= 0.3 is 5.97 Å². The average molecular weight is 266 g/mol. The molecule has 20 heavy (non-hydrogen) atoms. The third-order valence-electron chi connectivity index (χ3n) is 3.28. The van der Waals surface area contributed by atoms with Crippen molar-refractivity contribution in [1.29, 1.82) is 0 Å². The van der Waals surface area contributed by atoms with Crippen molar-refractivity contribution in [3.63, 3.8) is 0 Å². The van der Waals surface area contributed by atoms with E-state index in [-0.39, 0.29) is 0 Å². The summed E-state index contributed by atoms with van der Waals surface area (Å²) in [5.41, 5.74) is 5.96. The molecule has 0 radical (unpaired) electrons. The Balaban J connectivity index is 2.65. The van der Waals surface area contributed by atoms with Gasteiger partial charge in [-0.2, -0.15) is 0 Å².